The number of ketones is 1. The third-order valence-corrected chi connectivity index (χ3v) is 4.17. The van der Waals surface area contributed by atoms with Crippen molar-refractivity contribution >= 4 is 18.0 Å². The molecule has 0 radical (unpaired) electrons. The Bertz CT molecular complexity index is 750. The van der Waals surface area contributed by atoms with Gasteiger partial charge in [-0.05, 0) is 20.3 Å². The number of alkyl halides is 3. The van der Waals surface area contributed by atoms with Crippen LogP contribution in [0.1, 0.15) is 20.3 Å². The number of hydrogen-bond acceptors (Lipinski definition) is 6. The fourth-order valence-corrected chi connectivity index (χ4v) is 2.78. The molecular weight excluding hydrogens is 369 g/mol. The lowest BCUT2D eigenvalue weighted by Crippen LogP contribution is -2.37. The van der Waals surface area contributed by atoms with Gasteiger partial charge in [0.15, 0.2) is 11.9 Å². The van der Waals surface area contributed by atoms with Gasteiger partial charge in [0.25, 0.3) is 0 Å². The maximum Gasteiger partial charge on any atom is 0.421 e. The number of carbonyl (C=O) groups excluding carboxylic acids is 1. The zero-order valence-corrected chi connectivity index (χ0v) is 14.6. The molecular formula is C17H19F3N2O5. The van der Waals surface area contributed by atoms with Gasteiger partial charge in [-0.3, -0.25) is 9.79 Å². The summed E-state index contributed by atoms with van der Waals surface area (Å²) in [7, 11) is 0. The molecule has 27 heavy (non-hydrogen) atoms. The van der Waals surface area contributed by atoms with E-state index in [1.54, 1.807) is 0 Å². The second kappa shape index (κ2) is 7.70. The molecule has 0 aromatic heterocycles. The van der Waals surface area contributed by atoms with Crippen molar-refractivity contribution in [2.75, 3.05) is 13.2 Å². The van der Waals surface area contributed by atoms with E-state index in [0.717, 1.165) is 6.21 Å². The van der Waals surface area contributed by atoms with Crippen LogP contribution in [-0.4, -0.2) is 65.8 Å². The number of allylic oxidation sites excluding steroid dienone is 2. The van der Waals surface area contributed by atoms with E-state index in [1.165, 1.54) is 13.8 Å². The normalized spacial score (nSPS) is 26.4. The lowest BCUT2D eigenvalue weighted by molar-refractivity contribution is -0.150. The Morgan fingerprint density at radius 3 is 2.74 bits per heavy atom. The van der Waals surface area contributed by atoms with Gasteiger partial charge in [-0.1, -0.05) is 5.92 Å². The summed E-state index contributed by atoms with van der Waals surface area (Å²) in [6, 6.07) is -1.31. The first-order valence-corrected chi connectivity index (χ1v) is 8.11. The summed E-state index contributed by atoms with van der Waals surface area (Å²) in [4.78, 5) is 27.1. The number of ether oxygens (including phenoxy) is 1. The van der Waals surface area contributed by atoms with Gasteiger partial charge in [0, 0.05) is 12.3 Å². The van der Waals surface area contributed by atoms with Crippen molar-refractivity contribution in [3.63, 3.8) is 0 Å². The number of nitrogens with zero attached hydrogens (tertiary/aromatic N) is 1. The van der Waals surface area contributed by atoms with Crippen LogP contribution in [0.15, 0.2) is 16.3 Å². The molecule has 0 saturated heterocycles. The molecule has 7 nitrogen and oxygen atoms in total. The summed E-state index contributed by atoms with van der Waals surface area (Å²) in [5.74, 6) is 2.50. The molecule has 3 N–H and O–H groups in total. The monoisotopic (exact) mass is 388 g/mol. The Balaban J connectivity index is 2.17. The molecule has 148 valence electrons. The van der Waals surface area contributed by atoms with Crippen LogP contribution in [0.3, 0.4) is 0 Å². The second-order valence-corrected chi connectivity index (χ2v) is 6.40. The molecule has 0 aromatic rings. The highest BCUT2D eigenvalue weighted by Crippen LogP contribution is 2.53. The van der Waals surface area contributed by atoms with Crippen molar-refractivity contribution in [1.29, 1.82) is 0 Å². The quantitative estimate of drug-likeness (QED) is 0.554. The summed E-state index contributed by atoms with van der Waals surface area (Å²) in [5.41, 5.74) is -3.25. The average molecular weight is 388 g/mol. The first-order valence-electron chi connectivity index (χ1n) is 8.11. The highest BCUT2D eigenvalue weighted by molar-refractivity contribution is 6.10. The number of carboxylic acids is 1. The molecule has 10 heteroatoms. The Morgan fingerprint density at radius 1 is 1.52 bits per heavy atom. The SMILES string of the molecule is CC#CC12CC1N=CC(N[C@H](C)COCC(O)C(=O)O)=C(C(F)(F)F)C2=O. The van der Waals surface area contributed by atoms with Crippen LogP contribution >= 0.6 is 0 Å². The van der Waals surface area contributed by atoms with Crippen molar-refractivity contribution in [2.45, 2.75) is 44.6 Å². The number of hydrogen-bond donors (Lipinski definition) is 3. The molecule has 2 rings (SSSR count). The van der Waals surface area contributed by atoms with Crippen LogP contribution in [0.25, 0.3) is 0 Å². The Kier molecular flexibility index (Phi) is 5.97. The summed E-state index contributed by atoms with van der Waals surface area (Å²) in [6.07, 6.45) is -5.49. The van der Waals surface area contributed by atoms with Gasteiger partial charge < -0.3 is 20.3 Å². The Morgan fingerprint density at radius 2 is 2.19 bits per heavy atom. The van der Waals surface area contributed by atoms with Crippen molar-refractivity contribution in [1.82, 2.24) is 5.32 Å². The molecule has 1 fully saturated rings. The number of carboxylic acid groups (broad SMARTS) is 1. The van der Waals surface area contributed by atoms with Crippen LogP contribution in [0.4, 0.5) is 13.2 Å². The Labute approximate surface area is 153 Å². The minimum atomic E-state index is -4.90. The summed E-state index contributed by atoms with van der Waals surface area (Å²) in [6.45, 7) is 2.23. The van der Waals surface area contributed by atoms with E-state index >= 15 is 0 Å². The van der Waals surface area contributed by atoms with Gasteiger partial charge in [0.05, 0.1) is 25.0 Å². The fraction of sp³-hybridized carbons (Fsp3) is 0.588. The van der Waals surface area contributed by atoms with Crippen molar-refractivity contribution in [3.05, 3.63) is 11.3 Å². The molecule has 3 unspecified atom stereocenters. The maximum absolute atomic E-state index is 13.6. The molecule has 0 bridgehead atoms. The molecule has 1 aliphatic carbocycles. The number of carbonyl (C=O) groups is 2. The van der Waals surface area contributed by atoms with Gasteiger partial charge in [-0.15, -0.1) is 5.92 Å². The van der Waals surface area contributed by atoms with Gasteiger partial charge in [0.1, 0.15) is 11.0 Å². The molecule has 2 aliphatic rings. The van der Waals surface area contributed by atoms with E-state index in [4.69, 9.17) is 14.9 Å². The van der Waals surface area contributed by atoms with Gasteiger partial charge >= 0.3 is 12.1 Å². The van der Waals surface area contributed by atoms with Crippen LogP contribution in [-0.2, 0) is 14.3 Å². The third-order valence-electron chi connectivity index (χ3n) is 4.17. The molecule has 0 aromatic carbocycles. The summed E-state index contributed by atoms with van der Waals surface area (Å²) in [5, 5.41) is 20.2. The molecule has 1 aliphatic heterocycles. The lowest BCUT2D eigenvalue weighted by Gasteiger charge is -2.21. The number of aliphatic hydroxyl groups is 1. The molecule has 1 saturated carbocycles. The van der Waals surface area contributed by atoms with E-state index in [1.807, 2.05) is 0 Å². The standard InChI is InChI=1S/C17H19F3N2O5/c1-3-4-16-5-12(16)21-6-10(13(14(16)24)17(18,19)20)22-9(2)7-27-8-11(23)15(25)26/h6,9,11-12,22-23H,5,7-8H2,1-2H3,(H,25,26)/t9-,11?,12?,16?/m1/s1. The summed E-state index contributed by atoms with van der Waals surface area (Å²) < 4.78 is 45.7. The van der Waals surface area contributed by atoms with Crippen molar-refractivity contribution < 1.29 is 37.7 Å². The predicted octanol–water partition coefficient (Wildman–Crippen LogP) is 0.678. The highest BCUT2D eigenvalue weighted by Gasteiger charge is 2.64. The smallest absolute Gasteiger partial charge is 0.421 e. The van der Waals surface area contributed by atoms with E-state index < -0.39 is 59.4 Å². The molecule has 4 atom stereocenters. The number of nitrogens with one attached hydrogen (secondary N) is 1. The zero-order valence-electron chi connectivity index (χ0n) is 14.6. The zero-order chi connectivity index (χ0) is 20.4. The number of fused-ring (bicyclic) bond motifs is 1. The minimum absolute atomic E-state index is 0.155. The second-order valence-electron chi connectivity index (χ2n) is 6.40. The van der Waals surface area contributed by atoms with E-state index in [2.05, 4.69) is 22.2 Å². The molecule has 1 heterocycles. The van der Waals surface area contributed by atoms with Crippen LogP contribution in [0.2, 0.25) is 0 Å². The number of aliphatic carboxylic acids is 1. The topological polar surface area (TPSA) is 108 Å². The Hall–Kier alpha value is -2.38. The predicted molar refractivity (Wildman–Crippen MR) is 87.9 cm³/mol. The first-order chi connectivity index (χ1) is 12.5. The van der Waals surface area contributed by atoms with Crippen LogP contribution < -0.4 is 5.32 Å². The minimum Gasteiger partial charge on any atom is -0.479 e. The van der Waals surface area contributed by atoms with E-state index in [9.17, 15) is 22.8 Å². The van der Waals surface area contributed by atoms with E-state index in [-0.39, 0.29) is 13.0 Å². The van der Waals surface area contributed by atoms with Crippen LogP contribution in [0, 0.1) is 17.3 Å². The maximum atomic E-state index is 13.6. The number of Topliss-reactive ketones (excluding diaryl/α,β-unsaturated/α-hetero) is 1. The van der Waals surface area contributed by atoms with Crippen molar-refractivity contribution in [2.24, 2.45) is 10.4 Å². The van der Waals surface area contributed by atoms with Crippen LogP contribution in [0.5, 0.6) is 0 Å². The number of aliphatic imine (C=N–C) groups is 1. The molecule has 0 amide bonds. The largest absolute Gasteiger partial charge is 0.479 e. The van der Waals surface area contributed by atoms with Gasteiger partial charge in [-0.25, -0.2) is 4.79 Å². The first kappa shape index (κ1) is 20.9. The van der Waals surface area contributed by atoms with Gasteiger partial charge in [0.2, 0.25) is 0 Å². The lowest BCUT2D eigenvalue weighted by atomic mass is 9.93. The summed E-state index contributed by atoms with van der Waals surface area (Å²) >= 11 is 0. The van der Waals surface area contributed by atoms with Crippen molar-refractivity contribution in [3.8, 4) is 11.8 Å². The van der Waals surface area contributed by atoms with E-state index in [0.29, 0.717) is 0 Å². The fourth-order valence-electron chi connectivity index (χ4n) is 2.78. The highest BCUT2D eigenvalue weighted by atomic mass is 19.4. The average Bonchev–Trinajstić information content (AvgIpc) is 3.26. The number of rotatable bonds is 7. The number of halogens is 3. The molecule has 0 spiro atoms. The van der Waals surface area contributed by atoms with Gasteiger partial charge in [-0.2, -0.15) is 13.2 Å². The third kappa shape index (κ3) is 4.48. The number of aliphatic hydroxyl groups excluding tert-OH is 1.